The molecule has 0 spiro atoms. The molecule has 0 aliphatic carbocycles. The second-order valence-electron chi connectivity index (χ2n) is 5.04. The van der Waals surface area contributed by atoms with Gasteiger partial charge in [-0.3, -0.25) is 0 Å². The Morgan fingerprint density at radius 2 is 1.71 bits per heavy atom. The summed E-state index contributed by atoms with van der Waals surface area (Å²) in [6.07, 6.45) is 0. The van der Waals surface area contributed by atoms with Crippen LogP contribution in [0, 0.1) is 0 Å². The van der Waals surface area contributed by atoms with Crippen molar-refractivity contribution in [2.75, 3.05) is 12.4 Å². The van der Waals surface area contributed by atoms with Crippen molar-refractivity contribution in [2.24, 2.45) is 0 Å². The molecule has 3 rings (SSSR count). The van der Waals surface area contributed by atoms with Crippen LogP contribution >= 0.6 is 11.6 Å². The Balaban J connectivity index is 2.02. The summed E-state index contributed by atoms with van der Waals surface area (Å²) in [5, 5.41) is 0.496. The number of sulfone groups is 1. The molecule has 0 unspecified atom stereocenters. The smallest absolute Gasteiger partial charge is 0.380 e. The van der Waals surface area contributed by atoms with E-state index in [0.29, 0.717) is 10.6 Å². The van der Waals surface area contributed by atoms with Gasteiger partial charge in [0.2, 0.25) is 5.76 Å². The summed E-state index contributed by atoms with van der Waals surface area (Å²) in [6.45, 7) is -0.0935. The predicted octanol–water partition coefficient (Wildman–Crippen LogP) is 3.06. The molecule has 7 heteroatoms. The number of rotatable bonds is 3. The number of carbonyl (C=O) groups is 1. The normalized spacial score (nSPS) is 16.4. The largest absolute Gasteiger partial charge is 0.485 e. The van der Waals surface area contributed by atoms with Crippen LogP contribution in [0.2, 0.25) is 5.02 Å². The molecule has 0 saturated heterocycles. The molecule has 0 saturated carbocycles. The van der Waals surface area contributed by atoms with E-state index in [1.165, 1.54) is 12.1 Å². The van der Waals surface area contributed by atoms with Gasteiger partial charge in [0, 0.05) is 5.02 Å². The molecule has 124 valence electrons. The van der Waals surface area contributed by atoms with Gasteiger partial charge in [0.25, 0.3) is 0 Å². The van der Waals surface area contributed by atoms with E-state index in [0.717, 1.165) is 0 Å². The van der Waals surface area contributed by atoms with E-state index >= 15 is 0 Å². The Morgan fingerprint density at radius 1 is 1.04 bits per heavy atom. The van der Waals surface area contributed by atoms with Gasteiger partial charge in [0.05, 0.1) is 5.75 Å². The summed E-state index contributed by atoms with van der Waals surface area (Å²) >= 11 is 5.78. The summed E-state index contributed by atoms with van der Waals surface area (Å²) < 4.78 is 35.4. The minimum atomic E-state index is -3.64. The molecule has 1 aliphatic rings. The van der Waals surface area contributed by atoms with E-state index in [4.69, 9.17) is 21.1 Å². The summed E-state index contributed by atoms with van der Waals surface area (Å²) in [6, 6.07) is 14.5. The van der Waals surface area contributed by atoms with Crippen molar-refractivity contribution in [1.82, 2.24) is 0 Å². The number of ether oxygens (including phenoxy) is 2. The zero-order valence-electron chi connectivity index (χ0n) is 12.4. The lowest BCUT2D eigenvalue weighted by molar-refractivity contribution is -0.133. The van der Waals surface area contributed by atoms with Crippen molar-refractivity contribution in [3.05, 3.63) is 70.9 Å². The molecule has 0 N–H and O–H groups in total. The molecular weight excluding hydrogens is 352 g/mol. The molecule has 0 bridgehead atoms. The van der Waals surface area contributed by atoms with Gasteiger partial charge in [-0.05, 0) is 29.8 Å². The molecule has 1 heterocycles. The maximum absolute atomic E-state index is 12.4. The fourth-order valence-corrected chi connectivity index (χ4v) is 3.82. The van der Waals surface area contributed by atoms with Crippen LogP contribution in [-0.2, 0) is 19.4 Å². The second kappa shape index (κ2) is 6.67. The minimum absolute atomic E-state index is 0.0935. The lowest BCUT2D eigenvalue weighted by Crippen LogP contribution is -2.27. The number of benzene rings is 2. The maximum atomic E-state index is 12.4. The molecule has 24 heavy (non-hydrogen) atoms. The highest BCUT2D eigenvalue weighted by Crippen LogP contribution is 2.30. The standard InChI is InChI=1S/C17H13ClO5S/c18-13-6-8-14(9-7-13)23-17(19)15-16(12-4-2-1-3-5-12)24(20,21)11-10-22-15/h1-9H,10-11H2. The monoisotopic (exact) mass is 364 g/mol. The molecule has 1 aliphatic heterocycles. The van der Waals surface area contributed by atoms with Crippen molar-refractivity contribution in [2.45, 2.75) is 0 Å². The van der Waals surface area contributed by atoms with E-state index in [1.807, 2.05) is 0 Å². The molecule has 0 amide bonds. The summed E-state index contributed by atoms with van der Waals surface area (Å²) in [4.78, 5) is 12.3. The van der Waals surface area contributed by atoms with Gasteiger partial charge in [-0.2, -0.15) is 0 Å². The van der Waals surface area contributed by atoms with E-state index in [1.54, 1.807) is 42.5 Å². The first-order valence-electron chi connectivity index (χ1n) is 7.10. The zero-order valence-corrected chi connectivity index (χ0v) is 14.0. The Morgan fingerprint density at radius 3 is 2.38 bits per heavy atom. The van der Waals surface area contributed by atoms with Crippen LogP contribution in [0.25, 0.3) is 4.91 Å². The SMILES string of the molecule is O=C(Oc1ccc(Cl)cc1)C1=C(c2ccccc2)S(=O)(=O)CCO1. The first-order chi connectivity index (χ1) is 11.5. The fourth-order valence-electron chi connectivity index (χ4n) is 2.27. The van der Waals surface area contributed by atoms with E-state index in [-0.39, 0.29) is 28.8 Å². The number of hydrogen-bond acceptors (Lipinski definition) is 5. The van der Waals surface area contributed by atoms with Crippen molar-refractivity contribution >= 4 is 32.3 Å². The first-order valence-corrected chi connectivity index (χ1v) is 9.13. The number of carbonyl (C=O) groups excluding carboxylic acids is 1. The number of esters is 1. The average Bonchev–Trinajstić information content (AvgIpc) is 2.56. The summed E-state index contributed by atoms with van der Waals surface area (Å²) in [5.41, 5.74) is 0.389. The van der Waals surface area contributed by atoms with Gasteiger partial charge >= 0.3 is 5.97 Å². The summed E-state index contributed by atoms with van der Waals surface area (Å²) in [5.74, 6) is -1.10. The van der Waals surface area contributed by atoms with Crippen LogP contribution in [0.3, 0.4) is 0 Å². The van der Waals surface area contributed by atoms with Crippen LogP contribution in [-0.4, -0.2) is 26.7 Å². The zero-order chi connectivity index (χ0) is 17.2. The van der Waals surface area contributed by atoms with Gasteiger partial charge in [-0.15, -0.1) is 0 Å². The van der Waals surface area contributed by atoms with Crippen LogP contribution in [0.15, 0.2) is 60.4 Å². The predicted molar refractivity (Wildman–Crippen MR) is 90.2 cm³/mol. The van der Waals surface area contributed by atoms with Gasteiger partial charge in [0.1, 0.15) is 17.3 Å². The van der Waals surface area contributed by atoms with E-state index in [2.05, 4.69) is 0 Å². The second-order valence-corrected chi connectivity index (χ2v) is 7.52. The third-order valence-corrected chi connectivity index (χ3v) is 5.36. The third kappa shape index (κ3) is 3.44. The Kier molecular flexibility index (Phi) is 4.59. The average molecular weight is 365 g/mol. The fraction of sp³-hybridized carbons (Fsp3) is 0.118. The molecule has 2 aromatic rings. The van der Waals surface area contributed by atoms with E-state index < -0.39 is 15.8 Å². The summed E-state index contributed by atoms with van der Waals surface area (Å²) in [7, 11) is -3.64. The maximum Gasteiger partial charge on any atom is 0.380 e. The van der Waals surface area contributed by atoms with Gasteiger partial charge in [-0.1, -0.05) is 41.9 Å². The molecule has 0 fully saturated rings. The minimum Gasteiger partial charge on any atom is -0.485 e. The molecule has 2 aromatic carbocycles. The van der Waals surface area contributed by atoms with Gasteiger partial charge < -0.3 is 9.47 Å². The lowest BCUT2D eigenvalue weighted by Gasteiger charge is -2.20. The van der Waals surface area contributed by atoms with Crippen LogP contribution in [0.4, 0.5) is 0 Å². The molecule has 0 radical (unpaired) electrons. The van der Waals surface area contributed by atoms with Crippen LogP contribution < -0.4 is 4.74 Å². The highest BCUT2D eigenvalue weighted by Gasteiger charge is 2.34. The van der Waals surface area contributed by atoms with Crippen molar-refractivity contribution in [1.29, 1.82) is 0 Å². The van der Waals surface area contributed by atoms with E-state index in [9.17, 15) is 13.2 Å². The van der Waals surface area contributed by atoms with Crippen molar-refractivity contribution in [3.8, 4) is 5.75 Å². The highest BCUT2D eigenvalue weighted by molar-refractivity contribution is 8.00. The molecule has 5 nitrogen and oxygen atoms in total. The van der Waals surface area contributed by atoms with Gasteiger partial charge in [-0.25, -0.2) is 13.2 Å². The quantitative estimate of drug-likeness (QED) is 0.618. The highest BCUT2D eigenvalue weighted by atomic mass is 35.5. The third-order valence-electron chi connectivity index (χ3n) is 3.36. The topological polar surface area (TPSA) is 69.7 Å². The Hall–Kier alpha value is -2.31. The number of hydrogen-bond donors (Lipinski definition) is 0. The molecule has 0 aromatic heterocycles. The molecular formula is C17H13ClO5S. The number of halogens is 1. The molecule has 0 atom stereocenters. The van der Waals surface area contributed by atoms with Crippen LogP contribution in [0.5, 0.6) is 5.75 Å². The Bertz CT molecular complexity index is 886. The Labute approximate surface area is 144 Å². The van der Waals surface area contributed by atoms with Gasteiger partial charge in [0.15, 0.2) is 9.84 Å². The first kappa shape index (κ1) is 16.5. The van der Waals surface area contributed by atoms with Crippen LogP contribution in [0.1, 0.15) is 5.56 Å². The lowest BCUT2D eigenvalue weighted by atomic mass is 10.2. The van der Waals surface area contributed by atoms with Crippen molar-refractivity contribution in [3.63, 3.8) is 0 Å². The van der Waals surface area contributed by atoms with Crippen molar-refractivity contribution < 1.29 is 22.7 Å².